The van der Waals surface area contributed by atoms with E-state index in [9.17, 15) is 23.3 Å². The van der Waals surface area contributed by atoms with Crippen LogP contribution in [0.1, 0.15) is 130 Å². The van der Waals surface area contributed by atoms with Crippen LogP contribution in [-0.4, -0.2) is 66.5 Å². The van der Waals surface area contributed by atoms with Crippen LogP contribution >= 0.6 is 0 Å². The second-order valence-corrected chi connectivity index (χ2v) is 16.8. The minimum absolute atomic E-state index is 0.00950. The average molecular weight is 604 g/mol. The summed E-state index contributed by atoms with van der Waals surface area (Å²) in [6, 6.07) is 2.23. The molecule has 0 N–H and O–H groups in total. The van der Waals surface area contributed by atoms with Gasteiger partial charge >= 0.3 is 5.97 Å². The van der Waals surface area contributed by atoms with Gasteiger partial charge in [-0.2, -0.15) is 9.57 Å². The van der Waals surface area contributed by atoms with E-state index in [-0.39, 0.29) is 41.5 Å². The van der Waals surface area contributed by atoms with Gasteiger partial charge < -0.3 is 9.64 Å². The number of likely N-dealkylation sites (tertiary alicyclic amines) is 1. The summed E-state index contributed by atoms with van der Waals surface area (Å²) in [5.41, 5.74) is -2.62. The smallest absolute Gasteiger partial charge is 0.327 e. The molecule has 236 valence electrons. The van der Waals surface area contributed by atoms with Crippen LogP contribution in [0.2, 0.25) is 0 Å². The van der Waals surface area contributed by atoms with E-state index in [0.717, 1.165) is 77.0 Å². The molecule has 0 radical (unpaired) electrons. The largest absolute Gasteiger partial charge is 0.461 e. The fraction of sp³-hybridized carbons (Fsp3) is 0.909. The summed E-state index contributed by atoms with van der Waals surface area (Å²) in [7, 11) is -3.65. The highest BCUT2D eigenvalue weighted by molar-refractivity contribution is 7.89. The van der Waals surface area contributed by atoms with Crippen LogP contribution in [0, 0.1) is 33.5 Å². The van der Waals surface area contributed by atoms with Crippen LogP contribution in [0.4, 0.5) is 0 Å². The second-order valence-electron chi connectivity index (χ2n) is 15.0. The number of ether oxygens (including phenoxy) is 1. The third kappa shape index (κ3) is 5.88. The quantitative estimate of drug-likeness (QED) is 0.301. The summed E-state index contributed by atoms with van der Waals surface area (Å²) < 4.78 is 37.5. The van der Waals surface area contributed by atoms with Gasteiger partial charge in [0.1, 0.15) is 6.10 Å². The van der Waals surface area contributed by atoms with Crippen molar-refractivity contribution >= 4 is 21.9 Å². The van der Waals surface area contributed by atoms with Crippen molar-refractivity contribution in [1.82, 2.24) is 9.21 Å². The van der Waals surface area contributed by atoms with Crippen LogP contribution in [0.15, 0.2) is 0 Å². The molecule has 1 saturated heterocycles. The van der Waals surface area contributed by atoms with Crippen molar-refractivity contribution in [2.45, 2.75) is 148 Å². The fourth-order valence-electron chi connectivity index (χ4n) is 9.30. The Morgan fingerprint density at radius 1 is 0.929 bits per heavy atom. The van der Waals surface area contributed by atoms with E-state index in [1.54, 1.807) is 4.90 Å². The van der Waals surface area contributed by atoms with Gasteiger partial charge in [0.25, 0.3) is 0 Å². The molecule has 0 aromatic carbocycles. The number of fused-ring (bicyclic) bond motifs is 2. The molecule has 9 heteroatoms. The van der Waals surface area contributed by atoms with Crippen molar-refractivity contribution in [3.8, 4) is 6.07 Å². The Bertz CT molecular complexity index is 1130. The van der Waals surface area contributed by atoms with E-state index in [2.05, 4.69) is 19.9 Å². The van der Waals surface area contributed by atoms with E-state index in [0.29, 0.717) is 25.9 Å². The van der Waals surface area contributed by atoms with Gasteiger partial charge in [0.05, 0.1) is 18.2 Å². The van der Waals surface area contributed by atoms with Crippen molar-refractivity contribution in [2.75, 3.05) is 18.8 Å². The maximum Gasteiger partial charge on any atom is 0.327 e. The number of rotatable bonds is 9. The second kappa shape index (κ2) is 12.4. The van der Waals surface area contributed by atoms with Gasteiger partial charge in [-0.1, -0.05) is 52.4 Å². The summed E-state index contributed by atoms with van der Waals surface area (Å²) in [6.07, 6.45) is 14.8. The standard InChI is InChI=1S/C33H53N3O5S/c1-31(2)25-17-18-33(31,24-42(39,40)36(26-13-7-4-8-14-26)27-15-9-5-10-16-27)28(21-25)41-30(38)32(3,23-34)22-29(37)35-19-11-6-12-20-35/h25-28H,4-22,24H2,1-3H3/t25-,28-,32+,33-/m1/s1. The van der Waals surface area contributed by atoms with Gasteiger partial charge in [-0.15, -0.1) is 0 Å². The topological polar surface area (TPSA) is 108 Å². The molecule has 4 saturated carbocycles. The molecule has 42 heavy (non-hydrogen) atoms. The molecule has 1 amide bonds. The Labute approximate surface area is 253 Å². The Balaban J connectivity index is 1.38. The van der Waals surface area contributed by atoms with E-state index in [1.807, 2.05) is 4.31 Å². The first-order chi connectivity index (χ1) is 19.9. The normalized spacial score (nSPS) is 31.9. The van der Waals surface area contributed by atoms with E-state index < -0.39 is 32.9 Å². The highest BCUT2D eigenvalue weighted by atomic mass is 32.2. The maximum absolute atomic E-state index is 14.6. The zero-order valence-corrected chi connectivity index (χ0v) is 27.1. The Hall–Kier alpha value is -1.66. The third-order valence-corrected chi connectivity index (χ3v) is 14.3. The Morgan fingerprint density at radius 2 is 1.48 bits per heavy atom. The number of nitrogens with zero attached hydrogens (tertiary/aromatic N) is 3. The van der Waals surface area contributed by atoms with Gasteiger partial charge in [0, 0.05) is 30.6 Å². The molecule has 8 nitrogen and oxygen atoms in total. The van der Waals surface area contributed by atoms with E-state index >= 15 is 0 Å². The molecule has 0 spiro atoms. The summed E-state index contributed by atoms with van der Waals surface area (Å²) in [5.74, 6) is -0.620. The van der Waals surface area contributed by atoms with E-state index in [4.69, 9.17) is 4.74 Å². The molecule has 5 fully saturated rings. The van der Waals surface area contributed by atoms with Crippen molar-refractivity contribution in [3.63, 3.8) is 0 Å². The molecule has 4 aliphatic carbocycles. The molecule has 5 rings (SSSR count). The van der Waals surface area contributed by atoms with Crippen molar-refractivity contribution in [1.29, 1.82) is 5.26 Å². The van der Waals surface area contributed by atoms with Crippen molar-refractivity contribution in [2.24, 2.45) is 22.2 Å². The first-order valence-electron chi connectivity index (χ1n) is 16.8. The zero-order valence-electron chi connectivity index (χ0n) is 26.2. The molecule has 0 aromatic heterocycles. The van der Waals surface area contributed by atoms with Crippen LogP contribution in [0.25, 0.3) is 0 Å². The number of sulfonamides is 1. The van der Waals surface area contributed by atoms with Crippen LogP contribution in [0.5, 0.6) is 0 Å². The maximum atomic E-state index is 14.6. The summed E-state index contributed by atoms with van der Waals surface area (Å²) in [5, 5.41) is 10.1. The van der Waals surface area contributed by atoms with Gasteiger partial charge in [-0.3, -0.25) is 9.59 Å². The Morgan fingerprint density at radius 3 is 2.00 bits per heavy atom. The number of piperidine rings is 1. The molecule has 0 unspecified atom stereocenters. The fourth-order valence-corrected chi connectivity index (χ4v) is 12.1. The lowest BCUT2D eigenvalue weighted by atomic mass is 9.69. The number of hydrogen-bond donors (Lipinski definition) is 0. The highest BCUT2D eigenvalue weighted by Gasteiger charge is 2.67. The number of carbonyl (C=O) groups excluding carboxylic acids is 2. The highest BCUT2D eigenvalue weighted by Crippen LogP contribution is 2.67. The molecule has 1 heterocycles. The molecule has 1 aliphatic heterocycles. The first-order valence-corrected chi connectivity index (χ1v) is 18.5. The minimum Gasteiger partial charge on any atom is -0.461 e. The van der Waals surface area contributed by atoms with E-state index in [1.165, 1.54) is 19.8 Å². The number of carbonyl (C=O) groups is 2. The number of amides is 1. The lowest BCUT2D eigenvalue weighted by molar-refractivity contribution is -0.167. The number of esters is 1. The lowest BCUT2D eigenvalue weighted by Crippen LogP contribution is -2.55. The summed E-state index contributed by atoms with van der Waals surface area (Å²) >= 11 is 0. The van der Waals surface area contributed by atoms with Gasteiger partial charge in [-0.25, -0.2) is 8.42 Å². The molecular formula is C33H53N3O5S. The summed E-state index contributed by atoms with van der Waals surface area (Å²) in [4.78, 5) is 28.5. The van der Waals surface area contributed by atoms with Crippen LogP contribution in [-0.2, 0) is 24.3 Å². The molecule has 2 bridgehead atoms. The third-order valence-electron chi connectivity index (χ3n) is 12.1. The lowest BCUT2D eigenvalue weighted by Gasteiger charge is -2.46. The SMILES string of the molecule is CC1(C)[C@@H]2CC[C@@]1(CS(=O)(=O)N(C1CCCCC1)C1CCCCC1)[C@H](OC(=O)[C@](C)(C#N)CC(=O)N1CCCCC1)C2. The van der Waals surface area contributed by atoms with Gasteiger partial charge in [0.2, 0.25) is 15.9 Å². The van der Waals surface area contributed by atoms with Gasteiger partial charge in [-0.05, 0) is 82.5 Å². The van der Waals surface area contributed by atoms with Crippen molar-refractivity contribution < 1.29 is 22.7 Å². The Kier molecular flexibility index (Phi) is 9.36. The zero-order chi connectivity index (χ0) is 30.2. The molecular weight excluding hydrogens is 550 g/mol. The predicted molar refractivity (Wildman–Crippen MR) is 162 cm³/mol. The monoisotopic (exact) mass is 603 g/mol. The molecule has 5 aliphatic rings. The summed E-state index contributed by atoms with van der Waals surface area (Å²) in [6.45, 7) is 7.14. The minimum atomic E-state index is -3.65. The van der Waals surface area contributed by atoms with Crippen LogP contribution < -0.4 is 0 Å². The molecule has 4 atom stereocenters. The van der Waals surface area contributed by atoms with Crippen LogP contribution in [0.3, 0.4) is 0 Å². The first kappa shape index (κ1) is 31.8. The number of hydrogen-bond acceptors (Lipinski definition) is 6. The molecule has 0 aromatic rings. The number of nitriles is 1. The van der Waals surface area contributed by atoms with Crippen molar-refractivity contribution in [3.05, 3.63) is 0 Å². The predicted octanol–water partition coefficient (Wildman–Crippen LogP) is 5.95. The van der Waals surface area contributed by atoms with Gasteiger partial charge in [0.15, 0.2) is 5.41 Å². The average Bonchev–Trinajstić information content (AvgIpc) is 3.33.